The van der Waals surface area contributed by atoms with Gasteiger partial charge in [-0.15, -0.1) is 5.10 Å². The molecule has 0 aliphatic rings. The molecule has 10 nitrogen and oxygen atoms in total. The minimum absolute atomic E-state index is 0.00742. The first-order valence-electron chi connectivity index (χ1n) is 10.7. The molecule has 3 N–H and O–H groups in total. The van der Waals surface area contributed by atoms with E-state index in [1.807, 2.05) is 45.0 Å². The second-order valence-electron chi connectivity index (χ2n) is 7.85. The van der Waals surface area contributed by atoms with Crippen molar-refractivity contribution in [2.45, 2.75) is 33.4 Å². The van der Waals surface area contributed by atoms with Crippen LogP contribution in [0, 0.1) is 6.92 Å². The summed E-state index contributed by atoms with van der Waals surface area (Å²) < 4.78 is 18.2. The molecular formula is C24H26N6O4. The molecule has 0 fully saturated rings. The quantitative estimate of drug-likeness (QED) is 0.403. The highest BCUT2D eigenvalue weighted by atomic mass is 16.5. The number of carbonyl (C=O) groups excluding carboxylic acids is 1. The van der Waals surface area contributed by atoms with Gasteiger partial charge in [-0.2, -0.15) is 0 Å². The molecule has 1 amide bonds. The van der Waals surface area contributed by atoms with E-state index in [0.717, 1.165) is 11.3 Å². The Bertz CT molecular complexity index is 1290. The summed E-state index contributed by atoms with van der Waals surface area (Å²) in [5, 5.41) is 10.7. The summed E-state index contributed by atoms with van der Waals surface area (Å²) in [5.41, 5.74) is 8.13. The van der Waals surface area contributed by atoms with Crippen molar-refractivity contribution in [3.05, 3.63) is 65.7 Å². The van der Waals surface area contributed by atoms with Crippen LogP contribution in [0.15, 0.2) is 52.9 Å². The monoisotopic (exact) mass is 462 g/mol. The molecule has 0 saturated carbocycles. The molecule has 0 aliphatic carbocycles. The Kier molecular flexibility index (Phi) is 6.48. The molecule has 0 spiro atoms. The third kappa shape index (κ3) is 4.85. The molecule has 0 aliphatic heterocycles. The second kappa shape index (κ2) is 9.65. The molecule has 10 heteroatoms. The van der Waals surface area contributed by atoms with Gasteiger partial charge in [0, 0.05) is 5.56 Å². The van der Waals surface area contributed by atoms with E-state index in [-0.39, 0.29) is 24.2 Å². The standard InChI is InChI=1S/C24H26N6O4/c1-14(2)33-17-11-9-16(10-12-17)24-27-19(15(3)34-24)13-30-22(25)21(28-29-30)23(31)26-18-7-5-6-8-20(18)32-4/h5-12,14H,13,25H2,1-4H3,(H,26,31). The van der Waals surface area contributed by atoms with Crippen LogP contribution in [-0.2, 0) is 6.54 Å². The summed E-state index contributed by atoms with van der Waals surface area (Å²) in [7, 11) is 1.53. The van der Waals surface area contributed by atoms with Crippen LogP contribution >= 0.6 is 0 Å². The van der Waals surface area contributed by atoms with Crippen LogP contribution in [0.3, 0.4) is 0 Å². The number of nitrogens with zero attached hydrogens (tertiary/aromatic N) is 4. The van der Waals surface area contributed by atoms with Gasteiger partial charge in [-0.1, -0.05) is 17.3 Å². The van der Waals surface area contributed by atoms with Crippen molar-refractivity contribution in [1.82, 2.24) is 20.0 Å². The first kappa shape index (κ1) is 22.8. The number of rotatable bonds is 8. The van der Waals surface area contributed by atoms with Gasteiger partial charge in [0.2, 0.25) is 5.89 Å². The summed E-state index contributed by atoms with van der Waals surface area (Å²) in [6.07, 6.45) is 0.0938. The molecule has 0 unspecified atom stereocenters. The molecule has 34 heavy (non-hydrogen) atoms. The Balaban J connectivity index is 1.50. The highest BCUT2D eigenvalue weighted by molar-refractivity contribution is 6.06. The number of nitrogens with one attached hydrogen (secondary N) is 1. The molecule has 176 valence electrons. The lowest BCUT2D eigenvalue weighted by molar-refractivity contribution is 0.102. The predicted octanol–water partition coefficient (Wildman–Crippen LogP) is 3.92. The van der Waals surface area contributed by atoms with E-state index < -0.39 is 5.91 Å². The van der Waals surface area contributed by atoms with Crippen molar-refractivity contribution >= 4 is 17.4 Å². The molecule has 4 rings (SSSR count). The highest BCUT2D eigenvalue weighted by Crippen LogP contribution is 2.26. The Morgan fingerprint density at radius 3 is 2.62 bits per heavy atom. The van der Waals surface area contributed by atoms with E-state index in [1.165, 1.54) is 11.8 Å². The Morgan fingerprint density at radius 2 is 1.91 bits per heavy atom. The first-order valence-corrected chi connectivity index (χ1v) is 10.7. The molecule has 2 aromatic carbocycles. The number of carbonyl (C=O) groups is 1. The number of hydrogen-bond acceptors (Lipinski definition) is 8. The maximum absolute atomic E-state index is 12.7. The van der Waals surface area contributed by atoms with E-state index in [1.54, 1.807) is 24.3 Å². The van der Waals surface area contributed by atoms with Gasteiger partial charge in [0.25, 0.3) is 5.91 Å². The number of benzene rings is 2. The van der Waals surface area contributed by atoms with Gasteiger partial charge in [-0.25, -0.2) is 9.67 Å². The lowest BCUT2D eigenvalue weighted by Gasteiger charge is -2.09. The number of anilines is 2. The van der Waals surface area contributed by atoms with Crippen LogP contribution < -0.4 is 20.5 Å². The maximum Gasteiger partial charge on any atom is 0.280 e. The Labute approximate surface area is 196 Å². The van der Waals surface area contributed by atoms with Crippen molar-refractivity contribution < 1.29 is 18.7 Å². The minimum atomic E-state index is -0.491. The van der Waals surface area contributed by atoms with E-state index in [9.17, 15) is 4.79 Å². The number of methoxy groups -OCH3 is 1. The number of amides is 1. The van der Waals surface area contributed by atoms with Crippen LogP contribution in [0.2, 0.25) is 0 Å². The molecule has 0 radical (unpaired) electrons. The lowest BCUT2D eigenvalue weighted by atomic mass is 10.2. The number of aromatic nitrogens is 4. The maximum atomic E-state index is 12.7. The van der Waals surface area contributed by atoms with Gasteiger partial charge in [-0.3, -0.25) is 4.79 Å². The van der Waals surface area contributed by atoms with Crippen LogP contribution in [0.4, 0.5) is 11.5 Å². The third-order valence-corrected chi connectivity index (χ3v) is 5.01. The number of aryl methyl sites for hydroxylation is 1. The lowest BCUT2D eigenvalue weighted by Crippen LogP contribution is -2.16. The third-order valence-electron chi connectivity index (χ3n) is 5.01. The van der Waals surface area contributed by atoms with Crippen molar-refractivity contribution in [2.24, 2.45) is 0 Å². The number of nitrogens with two attached hydrogens (primary N) is 1. The molecule has 2 heterocycles. The van der Waals surface area contributed by atoms with Gasteiger partial charge in [-0.05, 0) is 57.2 Å². The van der Waals surface area contributed by atoms with Crippen LogP contribution in [0.1, 0.15) is 35.8 Å². The Morgan fingerprint density at radius 1 is 1.18 bits per heavy atom. The second-order valence-corrected chi connectivity index (χ2v) is 7.85. The topological polar surface area (TPSA) is 130 Å². The Hall–Kier alpha value is -4.34. The van der Waals surface area contributed by atoms with Crippen LogP contribution in [0.25, 0.3) is 11.5 Å². The van der Waals surface area contributed by atoms with Crippen molar-refractivity contribution in [3.63, 3.8) is 0 Å². The number of hydrogen-bond donors (Lipinski definition) is 2. The normalized spacial score (nSPS) is 11.0. The van der Waals surface area contributed by atoms with E-state index in [0.29, 0.717) is 28.8 Å². The van der Waals surface area contributed by atoms with E-state index in [4.69, 9.17) is 19.6 Å². The highest BCUT2D eigenvalue weighted by Gasteiger charge is 2.21. The summed E-state index contributed by atoms with van der Waals surface area (Å²) in [6, 6.07) is 14.6. The predicted molar refractivity (Wildman–Crippen MR) is 127 cm³/mol. The van der Waals surface area contributed by atoms with E-state index >= 15 is 0 Å². The summed E-state index contributed by atoms with van der Waals surface area (Å²) in [6.45, 7) is 5.96. The number of para-hydroxylation sites is 2. The molecular weight excluding hydrogens is 436 g/mol. The fourth-order valence-electron chi connectivity index (χ4n) is 3.32. The SMILES string of the molecule is COc1ccccc1NC(=O)c1nnn(Cc2nc(-c3ccc(OC(C)C)cc3)oc2C)c1N. The zero-order chi connectivity index (χ0) is 24.2. The number of nitrogen functional groups attached to an aromatic ring is 1. The van der Waals surface area contributed by atoms with Gasteiger partial charge < -0.3 is 24.9 Å². The summed E-state index contributed by atoms with van der Waals surface area (Å²) >= 11 is 0. The largest absolute Gasteiger partial charge is 0.495 e. The molecule has 0 atom stereocenters. The summed E-state index contributed by atoms with van der Waals surface area (Å²) in [5.74, 6) is 2.01. The molecule has 2 aromatic heterocycles. The fraction of sp³-hybridized carbons (Fsp3) is 0.250. The number of ether oxygens (including phenoxy) is 2. The summed E-state index contributed by atoms with van der Waals surface area (Å²) in [4.78, 5) is 17.3. The van der Waals surface area contributed by atoms with Crippen LogP contribution in [-0.4, -0.2) is 39.1 Å². The van der Waals surface area contributed by atoms with Gasteiger partial charge >= 0.3 is 0 Å². The zero-order valence-electron chi connectivity index (χ0n) is 19.4. The molecule has 4 aromatic rings. The fourth-order valence-corrected chi connectivity index (χ4v) is 3.32. The van der Waals surface area contributed by atoms with Crippen molar-refractivity contribution in [2.75, 3.05) is 18.2 Å². The van der Waals surface area contributed by atoms with Crippen LogP contribution in [0.5, 0.6) is 11.5 Å². The smallest absolute Gasteiger partial charge is 0.280 e. The zero-order valence-corrected chi connectivity index (χ0v) is 19.4. The first-order chi connectivity index (χ1) is 16.4. The average Bonchev–Trinajstić information content (AvgIpc) is 3.37. The average molecular weight is 463 g/mol. The minimum Gasteiger partial charge on any atom is -0.495 e. The van der Waals surface area contributed by atoms with Gasteiger partial charge in [0.1, 0.15) is 23.0 Å². The molecule has 0 bridgehead atoms. The molecule has 0 saturated heterocycles. The van der Waals surface area contributed by atoms with Crippen molar-refractivity contribution in [3.8, 4) is 23.0 Å². The van der Waals surface area contributed by atoms with Gasteiger partial charge in [0.05, 0.1) is 25.4 Å². The van der Waals surface area contributed by atoms with E-state index in [2.05, 4.69) is 20.6 Å². The van der Waals surface area contributed by atoms with Crippen molar-refractivity contribution in [1.29, 1.82) is 0 Å². The number of oxazole rings is 1. The van der Waals surface area contributed by atoms with Gasteiger partial charge in [0.15, 0.2) is 11.5 Å².